The van der Waals surface area contributed by atoms with Crippen molar-refractivity contribution in [2.75, 3.05) is 13.1 Å². The number of aliphatic imine (C=N–C) groups is 1. The van der Waals surface area contributed by atoms with E-state index in [1.54, 1.807) is 0 Å². The van der Waals surface area contributed by atoms with Crippen LogP contribution in [0.25, 0.3) is 0 Å². The van der Waals surface area contributed by atoms with E-state index in [1.807, 2.05) is 13.8 Å². The summed E-state index contributed by atoms with van der Waals surface area (Å²) in [7, 11) is 0. The van der Waals surface area contributed by atoms with Gasteiger partial charge >= 0.3 is 0 Å². The van der Waals surface area contributed by atoms with Crippen LogP contribution in [0.1, 0.15) is 111 Å². The maximum atomic E-state index is 10.1. The van der Waals surface area contributed by atoms with Crippen LogP contribution in [0.2, 0.25) is 0 Å². The standard InChI is InChI=1S/C21H42N2O/c1-4-5-6-7-8-9-10-11-12-13-14-15-16-17-20-22-18-19-23(20)21(2,3)24/h24H,4-19H2,1-3H3. The molecule has 0 unspecified atom stereocenters. The van der Waals surface area contributed by atoms with Crippen LogP contribution in [0.3, 0.4) is 0 Å². The highest BCUT2D eigenvalue weighted by Gasteiger charge is 2.28. The Morgan fingerprint density at radius 1 is 0.833 bits per heavy atom. The van der Waals surface area contributed by atoms with Gasteiger partial charge in [-0.05, 0) is 20.3 Å². The molecule has 0 fully saturated rings. The van der Waals surface area contributed by atoms with E-state index in [-0.39, 0.29) is 0 Å². The second kappa shape index (κ2) is 12.7. The van der Waals surface area contributed by atoms with Gasteiger partial charge in [-0.15, -0.1) is 0 Å². The van der Waals surface area contributed by atoms with E-state index in [9.17, 15) is 5.11 Å². The summed E-state index contributed by atoms with van der Waals surface area (Å²) in [5, 5.41) is 10.1. The second-order valence-electron chi connectivity index (χ2n) is 7.94. The van der Waals surface area contributed by atoms with Crippen molar-refractivity contribution < 1.29 is 5.11 Å². The van der Waals surface area contributed by atoms with Crippen molar-refractivity contribution in [1.29, 1.82) is 0 Å². The van der Waals surface area contributed by atoms with E-state index in [0.29, 0.717) is 0 Å². The summed E-state index contributed by atoms with van der Waals surface area (Å²) in [6.45, 7) is 7.72. The number of nitrogens with zero attached hydrogens (tertiary/aromatic N) is 2. The predicted molar refractivity (Wildman–Crippen MR) is 106 cm³/mol. The lowest BCUT2D eigenvalue weighted by Gasteiger charge is -2.33. The van der Waals surface area contributed by atoms with E-state index < -0.39 is 5.72 Å². The van der Waals surface area contributed by atoms with Gasteiger partial charge in [0.25, 0.3) is 0 Å². The molecule has 0 saturated carbocycles. The monoisotopic (exact) mass is 338 g/mol. The third-order valence-electron chi connectivity index (χ3n) is 5.09. The van der Waals surface area contributed by atoms with Gasteiger partial charge in [0.2, 0.25) is 0 Å². The van der Waals surface area contributed by atoms with E-state index >= 15 is 0 Å². The fourth-order valence-electron chi connectivity index (χ4n) is 3.60. The fourth-order valence-corrected chi connectivity index (χ4v) is 3.60. The van der Waals surface area contributed by atoms with Crippen LogP contribution in [-0.4, -0.2) is 34.7 Å². The average molecular weight is 339 g/mol. The molecule has 0 radical (unpaired) electrons. The predicted octanol–water partition coefficient (Wildman–Crippen LogP) is 5.91. The summed E-state index contributed by atoms with van der Waals surface area (Å²) in [6, 6.07) is 0. The topological polar surface area (TPSA) is 35.8 Å². The quantitative estimate of drug-likeness (QED) is 0.377. The summed E-state index contributed by atoms with van der Waals surface area (Å²) < 4.78 is 0. The molecule has 3 nitrogen and oxygen atoms in total. The third kappa shape index (κ3) is 9.66. The molecule has 0 bridgehead atoms. The molecule has 0 aromatic carbocycles. The molecule has 1 aliphatic heterocycles. The van der Waals surface area contributed by atoms with Crippen LogP contribution in [-0.2, 0) is 0 Å². The van der Waals surface area contributed by atoms with Crippen LogP contribution in [0.15, 0.2) is 4.99 Å². The van der Waals surface area contributed by atoms with Gasteiger partial charge in [-0.25, -0.2) is 0 Å². The maximum absolute atomic E-state index is 10.1. The smallest absolute Gasteiger partial charge is 0.133 e. The molecule has 1 N–H and O–H groups in total. The molecule has 3 heteroatoms. The molecule has 1 rings (SSSR count). The second-order valence-corrected chi connectivity index (χ2v) is 7.94. The summed E-state index contributed by atoms with van der Waals surface area (Å²) in [4.78, 5) is 6.62. The van der Waals surface area contributed by atoms with Gasteiger partial charge in [-0.3, -0.25) is 4.99 Å². The Kier molecular flexibility index (Phi) is 11.4. The highest BCUT2D eigenvalue weighted by atomic mass is 16.3. The molecule has 1 aliphatic rings. The van der Waals surface area contributed by atoms with Crippen molar-refractivity contribution in [1.82, 2.24) is 4.90 Å². The molecule has 1 heterocycles. The Hall–Kier alpha value is -0.570. The molecular formula is C21H42N2O. The number of unbranched alkanes of at least 4 members (excludes halogenated alkanes) is 12. The number of amidine groups is 1. The molecule has 0 aromatic rings. The highest BCUT2D eigenvalue weighted by Crippen LogP contribution is 2.19. The Balaban J connectivity index is 1.87. The van der Waals surface area contributed by atoms with Gasteiger partial charge in [0, 0.05) is 13.0 Å². The molecule has 0 atom stereocenters. The van der Waals surface area contributed by atoms with Gasteiger partial charge in [0.15, 0.2) is 0 Å². The van der Waals surface area contributed by atoms with E-state index in [1.165, 1.54) is 83.5 Å². The zero-order chi connectivity index (χ0) is 17.7. The van der Waals surface area contributed by atoms with Crippen molar-refractivity contribution in [3.8, 4) is 0 Å². The van der Waals surface area contributed by atoms with Crippen LogP contribution < -0.4 is 0 Å². The lowest BCUT2D eigenvalue weighted by Crippen LogP contribution is -2.45. The van der Waals surface area contributed by atoms with Gasteiger partial charge < -0.3 is 10.0 Å². The maximum Gasteiger partial charge on any atom is 0.133 e. The minimum Gasteiger partial charge on any atom is -0.371 e. The highest BCUT2D eigenvalue weighted by molar-refractivity contribution is 5.84. The number of hydrogen-bond donors (Lipinski definition) is 1. The van der Waals surface area contributed by atoms with Crippen molar-refractivity contribution in [2.24, 2.45) is 4.99 Å². The van der Waals surface area contributed by atoms with Gasteiger partial charge in [0.05, 0.1) is 6.54 Å². The van der Waals surface area contributed by atoms with Crippen molar-refractivity contribution in [2.45, 2.75) is 116 Å². The van der Waals surface area contributed by atoms with Crippen molar-refractivity contribution in [3.63, 3.8) is 0 Å². The van der Waals surface area contributed by atoms with Gasteiger partial charge in [-0.1, -0.05) is 84.0 Å². The van der Waals surface area contributed by atoms with E-state index in [2.05, 4.69) is 16.8 Å². The summed E-state index contributed by atoms with van der Waals surface area (Å²) in [5.74, 6) is 1.12. The molecule has 0 amide bonds. The van der Waals surface area contributed by atoms with E-state index in [4.69, 9.17) is 0 Å². The zero-order valence-corrected chi connectivity index (χ0v) is 16.7. The summed E-state index contributed by atoms with van der Waals surface area (Å²) in [5.41, 5.74) is -0.758. The minimum atomic E-state index is -0.758. The summed E-state index contributed by atoms with van der Waals surface area (Å²) >= 11 is 0. The number of rotatable bonds is 15. The molecule has 0 aliphatic carbocycles. The normalized spacial score (nSPS) is 15.2. The minimum absolute atomic E-state index is 0.758. The largest absolute Gasteiger partial charge is 0.371 e. The Morgan fingerprint density at radius 2 is 1.29 bits per heavy atom. The number of hydrogen-bond acceptors (Lipinski definition) is 3. The number of aliphatic hydroxyl groups is 1. The SMILES string of the molecule is CCCCCCCCCCCCCCCC1=NCCN1C(C)(C)O. The van der Waals surface area contributed by atoms with Crippen LogP contribution in [0.4, 0.5) is 0 Å². The zero-order valence-electron chi connectivity index (χ0n) is 16.7. The van der Waals surface area contributed by atoms with Crippen LogP contribution in [0, 0.1) is 0 Å². The van der Waals surface area contributed by atoms with Crippen molar-refractivity contribution in [3.05, 3.63) is 0 Å². The van der Waals surface area contributed by atoms with E-state index in [0.717, 1.165) is 25.3 Å². The molecule has 0 saturated heterocycles. The Morgan fingerprint density at radius 3 is 1.75 bits per heavy atom. The van der Waals surface area contributed by atoms with Crippen LogP contribution in [0.5, 0.6) is 0 Å². The first-order valence-corrected chi connectivity index (χ1v) is 10.6. The van der Waals surface area contributed by atoms with Gasteiger partial charge in [-0.2, -0.15) is 0 Å². The molecular weight excluding hydrogens is 296 g/mol. The summed E-state index contributed by atoms with van der Waals surface area (Å²) in [6.07, 6.45) is 19.1. The molecule has 0 aromatic heterocycles. The fraction of sp³-hybridized carbons (Fsp3) is 0.952. The first-order valence-electron chi connectivity index (χ1n) is 10.6. The lowest BCUT2D eigenvalue weighted by molar-refractivity contribution is -0.0310. The first-order chi connectivity index (χ1) is 11.6. The first kappa shape index (κ1) is 21.5. The Bertz CT molecular complexity index is 333. The Labute approximate surface area is 150 Å². The van der Waals surface area contributed by atoms with Gasteiger partial charge in [0.1, 0.15) is 11.6 Å². The average Bonchev–Trinajstić information content (AvgIpc) is 3.00. The molecule has 142 valence electrons. The van der Waals surface area contributed by atoms with Crippen molar-refractivity contribution >= 4 is 5.84 Å². The lowest BCUT2D eigenvalue weighted by atomic mass is 10.0. The molecule has 24 heavy (non-hydrogen) atoms. The molecule has 0 spiro atoms. The van der Waals surface area contributed by atoms with Crippen LogP contribution >= 0.6 is 0 Å². The third-order valence-corrected chi connectivity index (χ3v) is 5.09.